The summed E-state index contributed by atoms with van der Waals surface area (Å²) in [5, 5.41) is 19.9. The van der Waals surface area contributed by atoms with Crippen LogP contribution in [-0.4, -0.2) is 40.0 Å². The molecule has 0 saturated heterocycles. The number of thioether (sulfide) groups is 1. The van der Waals surface area contributed by atoms with Crippen molar-refractivity contribution in [2.45, 2.75) is 23.1 Å². The fourth-order valence-electron chi connectivity index (χ4n) is 1.25. The summed E-state index contributed by atoms with van der Waals surface area (Å²) in [6.45, 7) is 1.02. The lowest BCUT2D eigenvalue weighted by Gasteiger charge is -2.15. The van der Waals surface area contributed by atoms with Gasteiger partial charge in [0.25, 0.3) is 0 Å². The molecule has 0 aliphatic rings. The van der Waals surface area contributed by atoms with Crippen LogP contribution in [0.25, 0.3) is 0 Å². The van der Waals surface area contributed by atoms with Crippen LogP contribution in [-0.2, 0) is 9.59 Å². The Bertz CT molecular complexity index is 452. The van der Waals surface area contributed by atoms with Crippen LogP contribution in [0.1, 0.15) is 6.92 Å². The maximum absolute atomic E-state index is 11.8. The standard InChI is InChI=1S/C12H14ClNO4S/c1-7(11(16)14-10(6-15)12(17)18)19-9-4-2-8(13)3-5-9/h2-5,7,10,15H,6H2,1H3,(H,14,16)(H,17,18)/t7?,10-/m1/s1. The minimum atomic E-state index is -1.28. The third-order valence-electron chi connectivity index (χ3n) is 2.29. The van der Waals surface area contributed by atoms with Crippen LogP contribution in [0.4, 0.5) is 0 Å². The third-order valence-corrected chi connectivity index (χ3v) is 3.66. The Morgan fingerprint density at radius 3 is 2.42 bits per heavy atom. The molecule has 7 heteroatoms. The molecule has 1 aromatic rings. The third kappa shape index (κ3) is 5.10. The zero-order chi connectivity index (χ0) is 14.4. The van der Waals surface area contributed by atoms with Crippen molar-refractivity contribution in [1.29, 1.82) is 0 Å². The number of aliphatic hydroxyl groups excluding tert-OH is 1. The first-order valence-electron chi connectivity index (χ1n) is 5.50. The predicted octanol–water partition coefficient (Wildman–Crippen LogP) is 1.38. The van der Waals surface area contributed by atoms with E-state index in [9.17, 15) is 9.59 Å². The normalized spacial score (nSPS) is 13.6. The summed E-state index contributed by atoms with van der Waals surface area (Å²) in [5.41, 5.74) is 0. The zero-order valence-corrected chi connectivity index (χ0v) is 11.7. The number of rotatable bonds is 6. The smallest absolute Gasteiger partial charge is 0.328 e. The van der Waals surface area contributed by atoms with Crippen LogP contribution in [0.5, 0.6) is 0 Å². The number of amides is 1. The molecule has 5 nitrogen and oxygen atoms in total. The van der Waals surface area contributed by atoms with Gasteiger partial charge < -0.3 is 15.5 Å². The molecule has 0 saturated carbocycles. The molecule has 1 unspecified atom stereocenters. The number of nitrogens with one attached hydrogen (secondary N) is 1. The molecule has 1 rings (SSSR count). The van der Waals surface area contributed by atoms with Gasteiger partial charge in [-0.15, -0.1) is 11.8 Å². The van der Waals surface area contributed by atoms with E-state index >= 15 is 0 Å². The number of aliphatic hydroxyl groups is 1. The van der Waals surface area contributed by atoms with Gasteiger partial charge in [-0.1, -0.05) is 11.6 Å². The Hall–Kier alpha value is -1.24. The predicted molar refractivity (Wildman–Crippen MR) is 73.4 cm³/mol. The summed E-state index contributed by atoms with van der Waals surface area (Å²) in [4.78, 5) is 23.3. The van der Waals surface area contributed by atoms with Crippen molar-refractivity contribution in [3.8, 4) is 0 Å². The summed E-state index contributed by atoms with van der Waals surface area (Å²) in [5.74, 6) is -1.71. The molecule has 104 valence electrons. The number of aliphatic carboxylic acids is 1. The van der Waals surface area contributed by atoms with Crippen molar-refractivity contribution in [3.63, 3.8) is 0 Å². The van der Waals surface area contributed by atoms with Crippen molar-refractivity contribution in [2.75, 3.05) is 6.61 Å². The van der Waals surface area contributed by atoms with E-state index in [1.165, 1.54) is 11.8 Å². The van der Waals surface area contributed by atoms with E-state index in [2.05, 4.69) is 5.32 Å². The fourth-order valence-corrected chi connectivity index (χ4v) is 2.25. The van der Waals surface area contributed by atoms with Gasteiger partial charge >= 0.3 is 5.97 Å². The molecule has 0 radical (unpaired) electrons. The van der Waals surface area contributed by atoms with Crippen molar-refractivity contribution < 1.29 is 19.8 Å². The summed E-state index contributed by atoms with van der Waals surface area (Å²) >= 11 is 7.03. The van der Waals surface area contributed by atoms with Gasteiger partial charge in [-0.3, -0.25) is 4.79 Å². The van der Waals surface area contributed by atoms with Crippen LogP contribution >= 0.6 is 23.4 Å². The largest absolute Gasteiger partial charge is 0.480 e. The summed E-state index contributed by atoms with van der Waals surface area (Å²) < 4.78 is 0. The van der Waals surface area contributed by atoms with Gasteiger partial charge in [0.05, 0.1) is 11.9 Å². The Morgan fingerprint density at radius 2 is 1.95 bits per heavy atom. The Morgan fingerprint density at radius 1 is 1.37 bits per heavy atom. The monoisotopic (exact) mass is 303 g/mol. The highest BCUT2D eigenvalue weighted by Crippen LogP contribution is 2.24. The minimum absolute atomic E-state index is 0.443. The molecule has 0 aromatic heterocycles. The molecule has 0 heterocycles. The van der Waals surface area contributed by atoms with E-state index in [4.69, 9.17) is 21.8 Å². The van der Waals surface area contributed by atoms with Gasteiger partial charge in [0.15, 0.2) is 0 Å². The molecule has 0 bridgehead atoms. The second-order valence-corrected chi connectivity index (χ2v) is 5.65. The van der Waals surface area contributed by atoms with Gasteiger partial charge in [-0.25, -0.2) is 4.79 Å². The molecule has 0 aliphatic carbocycles. The number of carboxylic acids is 1. The lowest BCUT2D eigenvalue weighted by atomic mass is 10.3. The molecular formula is C12H14ClNO4S. The van der Waals surface area contributed by atoms with Gasteiger partial charge in [0, 0.05) is 9.92 Å². The van der Waals surface area contributed by atoms with Crippen LogP contribution in [0.2, 0.25) is 5.02 Å². The molecule has 19 heavy (non-hydrogen) atoms. The first-order valence-corrected chi connectivity index (χ1v) is 6.76. The first-order chi connectivity index (χ1) is 8.93. The van der Waals surface area contributed by atoms with Crippen LogP contribution in [0, 0.1) is 0 Å². The van der Waals surface area contributed by atoms with E-state index in [1.54, 1.807) is 31.2 Å². The highest BCUT2D eigenvalue weighted by Gasteiger charge is 2.22. The molecule has 3 N–H and O–H groups in total. The van der Waals surface area contributed by atoms with E-state index in [0.717, 1.165) is 4.90 Å². The summed E-state index contributed by atoms with van der Waals surface area (Å²) in [6, 6.07) is 5.69. The lowest BCUT2D eigenvalue weighted by molar-refractivity contribution is -0.142. The Balaban J connectivity index is 2.57. The maximum Gasteiger partial charge on any atom is 0.328 e. The Kier molecular flexibility index (Phi) is 6.14. The quantitative estimate of drug-likeness (QED) is 0.691. The molecule has 1 aromatic carbocycles. The SMILES string of the molecule is CC(Sc1ccc(Cl)cc1)C(=O)N[C@H](CO)C(=O)O. The first kappa shape index (κ1) is 15.8. The topological polar surface area (TPSA) is 86.6 Å². The van der Waals surface area contributed by atoms with Gasteiger partial charge in [-0.2, -0.15) is 0 Å². The molecule has 1 amide bonds. The minimum Gasteiger partial charge on any atom is -0.480 e. The van der Waals surface area contributed by atoms with Crippen LogP contribution in [0.15, 0.2) is 29.2 Å². The molecule has 2 atom stereocenters. The number of benzene rings is 1. The van der Waals surface area contributed by atoms with Crippen LogP contribution in [0.3, 0.4) is 0 Å². The number of hydrogen-bond acceptors (Lipinski definition) is 4. The summed E-state index contributed by atoms with van der Waals surface area (Å²) in [7, 11) is 0. The van der Waals surface area contributed by atoms with Crippen LogP contribution < -0.4 is 5.32 Å². The number of halogens is 1. The number of carboxylic acid groups (broad SMARTS) is 1. The highest BCUT2D eigenvalue weighted by molar-refractivity contribution is 8.00. The number of hydrogen-bond donors (Lipinski definition) is 3. The van der Waals surface area contributed by atoms with Crippen molar-refractivity contribution in [1.82, 2.24) is 5.32 Å². The molecule has 0 spiro atoms. The maximum atomic E-state index is 11.8. The molecule has 0 fully saturated rings. The molecular weight excluding hydrogens is 290 g/mol. The number of carbonyl (C=O) groups is 2. The van der Waals surface area contributed by atoms with Crippen molar-refractivity contribution in [3.05, 3.63) is 29.3 Å². The second kappa shape index (κ2) is 7.37. The Labute approximate surface area is 120 Å². The lowest BCUT2D eigenvalue weighted by Crippen LogP contribution is -2.46. The number of carbonyl (C=O) groups excluding carboxylic acids is 1. The average Bonchev–Trinajstić information content (AvgIpc) is 2.37. The second-order valence-electron chi connectivity index (χ2n) is 3.80. The van der Waals surface area contributed by atoms with E-state index in [0.29, 0.717) is 5.02 Å². The van der Waals surface area contributed by atoms with Gasteiger partial charge in [-0.05, 0) is 31.2 Å². The average molecular weight is 304 g/mol. The highest BCUT2D eigenvalue weighted by atomic mass is 35.5. The van der Waals surface area contributed by atoms with Crippen molar-refractivity contribution in [2.24, 2.45) is 0 Å². The van der Waals surface area contributed by atoms with E-state index in [-0.39, 0.29) is 0 Å². The zero-order valence-electron chi connectivity index (χ0n) is 10.2. The summed E-state index contributed by atoms with van der Waals surface area (Å²) in [6.07, 6.45) is 0. The van der Waals surface area contributed by atoms with E-state index in [1.807, 2.05) is 0 Å². The van der Waals surface area contributed by atoms with Gasteiger partial charge in [0.2, 0.25) is 5.91 Å². The van der Waals surface area contributed by atoms with Crippen molar-refractivity contribution >= 4 is 35.2 Å². The van der Waals surface area contributed by atoms with E-state index < -0.39 is 29.8 Å². The molecule has 0 aliphatic heterocycles. The fraction of sp³-hybridized carbons (Fsp3) is 0.333. The van der Waals surface area contributed by atoms with Gasteiger partial charge in [0.1, 0.15) is 6.04 Å².